The molecule has 0 amide bonds. The number of rotatable bonds is 7. The van der Waals surface area contributed by atoms with Gasteiger partial charge in [-0.25, -0.2) is 4.79 Å². The normalized spacial score (nSPS) is 22.6. The quantitative estimate of drug-likeness (QED) is 0.431. The second-order valence-corrected chi connectivity index (χ2v) is 9.05. The average molecular weight is 387 g/mol. The fourth-order valence-electron chi connectivity index (χ4n) is 5.00. The van der Waals surface area contributed by atoms with Crippen molar-refractivity contribution in [3.05, 3.63) is 34.4 Å². The third kappa shape index (κ3) is 3.92. The number of allylic oxidation sites excluding steroid dienone is 2. The van der Waals surface area contributed by atoms with Crippen molar-refractivity contribution < 1.29 is 19.7 Å². The summed E-state index contributed by atoms with van der Waals surface area (Å²) < 4.78 is 6.34. The van der Waals surface area contributed by atoms with E-state index in [1.54, 1.807) is 0 Å². The minimum Gasteiger partial charge on any atom is -0.507 e. The summed E-state index contributed by atoms with van der Waals surface area (Å²) in [6.45, 7) is 8.50. The third-order valence-electron chi connectivity index (χ3n) is 6.53. The third-order valence-corrected chi connectivity index (χ3v) is 6.53. The first kappa shape index (κ1) is 20.8. The Morgan fingerprint density at radius 2 is 1.96 bits per heavy atom. The number of carbonyl (C=O) groups is 1. The van der Waals surface area contributed by atoms with Gasteiger partial charge in [0.1, 0.15) is 22.7 Å². The van der Waals surface area contributed by atoms with Gasteiger partial charge in [0.2, 0.25) is 0 Å². The highest BCUT2D eigenvalue weighted by Gasteiger charge is 2.46. The van der Waals surface area contributed by atoms with Crippen LogP contribution in [0.25, 0.3) is 0 Å². The van der Waals surface area contributed by atoms with Crippen molar-refractivity contribution in [3.8, 4) is 11.5 Å². The fraction of sp³-hybridized carbons (Fsp3) is 0.625. The monoisotopic (exact) mass is 386 g/mol. The average Bonchev–Trinajstić information content (AvgIpc) is 2.60. The van der Waals surface area contributed by atoms with Gasteiger partial charge in [-0.2, -0.15) is 0 Å². The number of aromatic hydroxyl groups is 1. The molecule has 4 heteroatoms. The Morgan fingerprint density at radius 1 is 1.25 bits per heavy atom. The van der Waals surface area contributed by atoms with Crippen molar-refractivity contribution in [1.82, 2.24) is 0 Å². The minimum atomic E-state index is -1.05. The van der Waals surface area contributed by atoms with Crippen molar-refractivity contribution >= 4 is 5.97 Å². The molecule has 154 valence electrons. The number of hydrogen-bond acceptors (Lipinski definition) is 3. The van der Waals surface area contributed by atoms with E-state index >= 15 is 0 Å². The van der Waals surface area contributed by atoms with E-state index in [1.165, 1.54) is 18.4 Å². The number of phenols is 1. The summed E-state index contributed by atoms with van der Waals surface area (Å²) in [4.78, 5) is 12.0. The highest BCUT2D eigenvalue weighted by Crippen LogP contribution is 2.55. The van der Waals surface area contributed by atoms with Gasteiger partial charge in [-0.3, -0.25) is 0 Å². The second kappa shape index (κ2) is 8.18. The number of carboxylic acid groups (broad SMARTS) is 1. The summed E-state index contributed by atoms with van der Waals surface area (Å²) in [5, 5.41) is 20.9. The van der Waals surface area contributed by atoms with E-state index in [0.29, 0.717) is 23.3 Å². The summed E-state index contributed by atoms with van der Waals surface area (Å²) in [5.41, 5.74) is 2.41. The maximum Gasteiger partial charge on any atom is 0.339 e. The van der Waals surface area contributed by atoms with Crippen LogP contribution in [0.15, 0.2) is 17.7 Å². The van der Waals surface area contributed by atoms with Crippen LogP contribution in [0.2, 0.25) is 0 Å². The van der Waals surface area contributed by atoms with Crippen molar-refractivity contribution in [3.63, 3.8) is 0 Å². The van der Waals surface area contributed by atoms with Crippen molar-refractivity contribution in [2.75, 3.05) is 0 Å². The van der Waals surface area contributed by atoms with Crippen LogP contribution in [-0.2, 0) is 6.42 Å². The van der Waals surface area contributed by atoms with E-state index in [9.17, 15) is 15.0 Å². The Morgan fingerprint density at radius 3 is 2.64 bits per heavy atom. The first-order chi connectivity index (χ1) is 13.3. The molecule has 3 rings (SSSR count). The molecule has 2 N–H and O–H groups in total. The molecule has 2 unspecified atom stereocenters. The highest BCUT2D eigenvalue weighted by molar-refractivity contribution is 5.94. The standard InChI is InChI=1S/C24H34O4/c1-5-6-7-8-9-10-16-14-19-21(22(25)20(16)23(26)27)17-13-15(2)11-12-18(17)24(3,4)28-19/h11,14,17-18,25H,5-10,12-13H2,1-4H3,(H,26,27). The number of aromatic carboxylic acids is 1. The molecule has 0 fully saturated rings. The highest BCUT2D eigenvalue weighted by atomic mass is 16.5. The van der Waals surface area contributed by atoms with Crippen LogP contribution in [-0.4, -0.2) is 21.8 Å². The number of benzene rings is 1. The van der Waals surface area contributed by atoms with Gasteiger partial charge in [-0.15, -0.1) is 0 Å². The molecule has 1 heterocycles. The van der Waals surface area contributed by atoms with Crippen molar-refractivity contribution in [1.29, 1.82) is 0 Å². The van der Waals surface area contributed by atoms with Gasteiger partial charge in [-0.1, -0.05) is 44.3 Å². The lowest BCUT2D eigenvalue weighted by atomic mass is 9.66. The smallest absolute Gasteiger partial charge is 0.339 e. The van der Waals surface area contributed by atoms with E-state index in [1.807, 2.05) is 6.07 Å². The van der Waals surface area contributed by atoms with Gasteiger partial charge >= 0.3 is 5.97 Å². The van der Waals surface area contributed by atoms with Crippen LogP contribution in [0, 0.1) is 5.92 Å². The SMILES string of the molecule is CCCCCCCc1cc2c(c(O)c1C(=O)O)C1CC(C)=CCC1C(C)(C)O2. The second-order valence-electron chi connectivity index (χ2n) is 9.05. The lowest BCUT2D eigenvalue weighted by molar-refractivity contribution is 0.00743. The predicted octanol–water partition coefficient (Wildman–Crippen LogP) is 6.21. The summed E-state index contributed by atoms with van der Waals surface area (Å²) >= 11 is 0. The summed E-state index contributed by atoms with van der Waals surface area (Å²) in [5.74, 6) is -0.120. The summed E-state index contributed by atoms with van der Waals surface area (Å²) in [7, 11) is 0. The van der Waals surface area contributed by atoms with Crippen molar-refractivity contribution in [2.24, 2.45) is 5.92 Å². The Hall–Kier alpha value is -1.97. The maximum atomic E-state index is 12.0. The zero-order valence-corrected chi connectivity index (χ0v) is 17.7. The van der Waals surface area contributed by atoms with Gasteiger partial charge < -0.3 is 14.9 Å². The van der Waals surface area contributed by atoms with E-state index in [4.69, 9.17) is 4.74 Å². The topological polar surface area (TPSA) is 66.8 Å². The van der Waals surface area contributed by atoms with Gasteiger partial charge in [0, 0.05) is 17.4 Å². The molecule has 1 aliphatic heterocycles. The first-order valence-corrected chi connectivity index (χ1v) is 10.7. The van der Waals surface area contributed by atoms with E-state index in [-0.39, 0.29) is 28.7 Å². The predicted molar refractivity (Wildman–Crippen MR) is 111 cm³/mol. The van der Waals surface area contributed by atoms with E-state index in [0.717, 1.165) is 32.1 Å². The summed E-state index contributed by atoms with van der Waals surface area (Å²) in [6.07, 6.45) is 10.2. The number of ether oxygens (including phenoxy) is 1. The number of aryl methyl sites for hydroxylation is 1. The van der Waals surface area contributed by atoms with Gasteiger partial charge in [0.15, 0.2) is 0 Å². The largest absolute Gasteiger partial charge is 0.507 e. The van der Waals surface area contributed by atoms with Crippen LogP contribution in [0.5, 0.6) is 11.5 Å². The molecule has 0 spiro atoms. The van der Waals surface area contributed by atoms with Crippen LogP contribution in [0.3, 0.4) is 0 Å². The van der Waals surface area contributed by atoms with Gasteiger partial charge in [0.05, 0.1) is 0 Å². The molecule has 28 heavy (non-hydrogen) atoms. The zero-order valence-electron chi connectivity index (χ0n) is 17.7. The van der Waals surface area contributed by atoms with Crippen LogP contribution in [0.1, 0.15) is 100 Å². The molecule has 0 radical (unpaired) electrons. The lowest BCUT2D eigenvalue weighted by Gasteiger charge is -2.47. The molecular weight excluding hydrogens is 352 g/mol. The Kier molecular flexibility index (Phi) is 6.07. The number of carboxylic acids is 1. The lowest BCUT2D eigenvalue weighted by Crippen LogP contribution is -2.45. The minimum absolute atomic E-state index is 0.0727. The summed E-state index contributed by atoms with van der Waals surface area (Å²) in [6, 6.07) is 1.89. The number of fused-ring (bicyclic) bond motifs is 3. The molecule has 0 saturated heterocycles. The number of unbranched alkanes of at least 4 members (excludes halogenated alkanes) is 4. The van der Waals surface area contributed by atoms with Gasteiger partial charge in [0.25, 0.3) is 0 Å². The molecule has 1 aromatic rings. The number of hydrogen-bond donors (Lipinski definition) is 2. The Balaban J connectivity index is 1.99. The molecule has 4 nitrogen and oxygen atoms in total. The first-order valence-electron chi connectivity index (χ1n) is 10.7. The van der Waals surface area contributed by atoms with Crippen molar-refractivity contribution in [2.45, 2.75) is 90.6 Å². The molecule has 0 bridgehead atoms. The van der Waals surface area contributed by atoms with Crippen LogP contribution < -0.4 is 4.74 Å². The van der Waals surface area contributed by atoms with Crippen LogP contribution >= 0.6 is 0 Å². The van der Waals surface area contributed by atoms with Crippen LogP contribution in [0.4, 0.5) is 0 Å². The molecule has 2 atom stereocenters. The fourth-order valence-corrected chi connectivity index (χ4v) is 5.00. The van der Waals surface area contributed by atoms with E-state index < -0.39 is 5.97 Å². The Bertz CT molecular complexity index is 775. The molecular formula is C24H34O4. The molecule has 1 aliphatic carbocycles. The molecule has 0 saturated carbocycles. The Labute approximate surface area is 168 Å². The molecule has 1 aromatic carbocycles. The molecule has 2 aliphatic rings. The van der Waals surface area contributed by atoms with Gasteiger partial charge in [-0.05, 0) is 58.1 Å². The molecule has 0 aromatic heterocycles. The maximum absolute atomic E-state index is 12.0. The zero-order chi connectivity index (χ0) is 20.5. The van der Waals surface area contributed by atoms with E-state index in [2.05, 4.69) is 33.8 Å².